The van der Waals surface area contributed by atoms with Gasteiger partial charge in [-0.05, 0) is 60.0 Å². The second-order valence-corrected chi connectivity index (χ2v) is 9.02. The first-order valence-corrected chi connectivity index (χ1v) is 11.8. The van der Waals surface area contributed by atoms with E-state index in [1.54, 1.807) is 36.5 Å². The largest absolute Gasteiger partial charge is 0.361 e. The molecule has 5 aromatic rings. The summed E-state index contributed by atoms with van der Waals surface area (Å²) in [6, 6.07) is 13.7. The lowest BCUT2D eigenvalue weighted by Crippen LogP contribution is -2.32. The Bertz CT molecular complexity index is 1570. The Kier molecular flexibility index (Phi) is 6.92. The van der Waals surface area contributed by atoms with Crippen molar-refractivity contribution in [2.45, 2.75) is 18.9 Å². The number of hydrogen-bond donors (Lipinski definition) is 2. The molecule has 0 radical (unpaired) electrons. The number of aromatic nitrogens is 3. The van der Waals surface area contributed by atoms with Crippen LogP contribution in [0.25, 0.3) is 22.2 Å². The maximum Gasteiger partial charge on any atom is 0.225 e. The van der Waals surface area contributed by atoms with Gasteiger partial charge in [-0.25, -0.2) is 13.2 Å². The van der Waals surface area contributed by atoms with E-state index in [1.165, 1.54) is 36.7 Å². The van der Waals surface area contributed by atoms with E-state index >= 15 is 0 Å². The van der Waals surface area contributed by atoms with Crippen molar-refractivity contribution in [2.24, 2.45) is 0 Å². The molecule has 0 aliphatic rings. The zero-order valence-electron chi connectivity index (χ0n) is 19.3. The summed E-state index contributed by atoms with van der Waals surface area (Å²) in [6.07, 6.45) is 4.68. The van der Waals surface area contributed by atoms with Gasteiger partial charge in [0.15, 0.2) is 0 Å². The van der Waals surface area contributed by atoms with Crippen LogP contribution < -0.4 is 5.32 Å². The summed E-state index contributed by atoms with van der Waals surface area (Å²) in [4.78, 5) is 25.2. The van der Waals surface area contributed by atoms with E-state index < -0.39 is 23.5 Å². The van der Waals surface area contributed by atoms with Crippen LogP contribution in [0.15, 0.2) is 79.3 Å². The number of nitrogens with one attached hydrogen (secondary N) is 2. The molecule has 3 aromatic carbocycles. The Hall–Kier alpha value is -4.17. The predicted octanol–water partition coefficient (Wildman–Crippen LogP) is 6.34. The molecular weight excluding hydrogens is 501 g/mol. The molecule has 2 aromatic heterocycles. The minimum atomic E-state index is -0.768. The standard InChI is InChI=1S/C28H20ClF3N4O/c29-19-3-1-17(2-4-19)27-28(34-8-7-33-27)25(11-16-9-21(31)13-22(32)10-16)36-26(37)12-18-15-35-24-6-5-20(30)14-23(18)24/h1-10,13-15,25,35H,11-12H2,(H,36,37). The average molecular weight is 521 g/mol. The van der Waals surface area contributed by atoms with E-state index in [0.717, 1.165) is 6.07 Å². The lowest BCUT2D eigenvalue weighted by atomic mass is 9.98. The van der Waals surface area contributed by atoms with E-state index in [4.69, 9.17) is 11.6 Å². The molecule has 186 valence electrons. The van der Waals surface area contributed by atoms with Crippen LogP contribution >= 0.6 is 11.6 Å². The molecule has 0 fully saturated rings. The van der Waals surface area contributed by atoms with Gasteiger partial charge in [-0.15, -0.1) is 0 Å². The number of aromatic amines is 1. The Balaban J connectivity index is 1.49. The number of carbonyl (C=O) groups is 1. The molecule has 0 saturated heterocycles. The van der Waals surface area contributed by atoms with Crippen LogP contribution in [0, 0.1) is 17.5 Å². The smallest absolute Gasteiger partial charge is 0.225 e. The van der Waals surface area contributed by atoms with Crippen molar-refractivity contribution in [3.8, 4) is 11.3 Å². The zero-order chi connectivity index (χ0) is 25.9. The number of amides is 1. The van der Waals surface area contributed by atoms with Crippen molar-refractivity contribution in [1.82, 2.24) is 20.3 Å². The van der Waals surface area contributed by atoms with E-state index in [2.05, 4.69) is 20.3 Å². The van der Waals surface area contributed by atoms with Gasteiger partial charge < -0.3 is 10.3 Å². The zero-order valence-corrected chi connectivity index (χ0v) is 20.1. The molecule has 5 rings (SSSR count). The lowest BCUT2D eigenvalue weighted by molar-refractivity contribution is -0.121. The molecule has 0 saturated carbocycles. The molecule has 5 nitrogen and oxygen atoms in total. The van der Waals surface area contributed by atoms with Crippen LogP contribution in [0.4, 0.5) is 13.2 Å². The van der Waals surface area contributed by atoms with E-state index in [-0.39, 0.29) is 18.7 Å². The first-order valence-electron chi connectivity index (χ1n) is 11.4. The maximum absolute atomic E-state index is 14.0. The molecule has 2 heterocycles. The van der Waals surface area contributed by atoms with Gasteiger partial charge in [0, 0.05) is 46.1 Å². The van der Waals surface area contributed by atoms with Crippen LogP contribution in [-0.4, -0.2) is 20.9 Å². The summed E-state index contributed by atoms with van der Waals surface area (Å²) in [6.45, 7) is 0. The number of rotatable bonds is 7. The summed E-state index contributed by atoms with van der Waals surface area (Å²) < 4.78 is 41.7. The van der Waals surface area contributed by atoms with Crippen molar-refractivity contribution in [3.05, 3.63) is 119 Å². The summed E-state index contributed by atoms with van der Waals surface area (Å²) in [5, 5.41) is 4.08. The maximum atomic E-state index is 14.0. The summed E-state index contributed by atoms with van der Waals surface area (Å²) in [5.74, 6) is -2.23. The number of H-pyrrole nitrogens is 1. The molecule has 2 N–H and O–H groups in total. The van der Waals surface area contributed by atoms with Crippen LogP contribution in [0.5, 0.6) is 0 Å². The van der Waals surface area contributed by atoms with Crippen molar-refractivity contribution in [3.63, 3.8) is 0 Å². The van der Waals surface area contributed by atoms with Gasteiger partial charge in [0.05, 0.1) is 23.9 Å². The van der Waals surface area contributed by atoms with Crippen LogP contribution in [0.2, 0.25) is 5.02 Å². The molecular formula is C28H20ClF3N4O. The third-order valence-electron chi connectivity index (χ3n) is 5.95. The van der Waals surface area contributed by atoms with Crippen LogP contribution in [0.3, 0.4) is 0 Å². The van der Waals surface area contributed by atoms with Crippen molar-refractivity contribution < 1.29 is 18.0 Å². The fourth-order valence-electron chi connectivity index (χ4n) is 4.33. The average Bonchev–Trinajstić information content (AvgIpc) is 3.25. The van der Waals surface area contributed by atoms with Gasteiger partial charge in [-0.3, -0.25) is 14.8 Å². The molecule has 1 atom stereocenters. The fourth-order valence-corrected chi connectivity index (χ4v) is 4.46. The van der Waals surface area contributed by atoms with Gasteiger partial charge in [0.1, 0.15) is 17.5 Å². The third kappa shape index (κ3) is 5.65. The van der Waals surface area contributed by atoms with Crippen LogP contribution in [0.1, 0.15) is 22.9 Å². The topological polar surface area (TPSA) is 70.7 Å². The van der Waals surface area contributed by atoms with Gasteiger partial charge in [-0.2, -0.15) is 0 Å². The fraction of sp³-hybridized carbons (Fsp3) is 0.107. The molecule has 1 amide bonds. The highest BCUT2D eigenvalue weighted by Crippen LogP contribution is 2.29. The Morgan fingerprint density at radius 2 is 1.65 bits per heavy atom. The second-order valence-electron chi connectivity index (χ2n) is 8.58. The minimum absolute atomic E-state index is 0.0476. The molecule has 0 bridgehead atoms. The molecule has 0 aliphatic heterocycles. The lowest BCUT2D eigenvalue weighted by Gasteiger charge is -2.21. The van der Waals surface area contributed by atoms with Gasteiger partial charge in [0.2, 0.25) is 5.91 Å². The van der Waals surface area contributed by atoms with Gasteiger partial charge in [-0.1, -0.05) is 23.7 Å². The van der Waals surface area contributed by atoms with Gasteiger partial charge in [0.25, 0.3) is 0 Å². The molecule has 1 unspecified atom stereocenters. The monoisotopic (exact) mass is 520 g/mol. The first kappa shape index (κ1) is 24.5. The molecule has 9 heteroatoms. The predicted molar refractivity (Wildman–Crippen MR) is 135 cm³/mol. The molecule has 0 aliphatic carbocycles. The van der Waals surface area contributed by atoms with Crippen molar-refractivity contribution >= 4 is 28.4 Å². The number of benzene rings is 3. The quantitative estimate of drug-likeness (QED) is 0.263. The highest BCUT2D eigenvalue weighted by Gasteiger charge is 2.23. The van der Waals surface area contributed by atoms with E-state index in [9.17, 15) is 18.0 Å². The summed E-state index contributed by atoms with van der Waals surface area (Å²) >= 11 is 6.04. The summed E-state index contributed by atoms with van der Waals surface area (Å²) in [5.41, 5.74) is 3.28. The van der Waals surface area contributed by atoms with Crippen molar-refractivity contribution in [2.75, 3.05) is 0 Å². The second kappa shape index (κ2) is 10.4. The number of carbonyl (C=O) groups excluding carboxylic acids is 1. The highest BCUT2D eigenvalue weighted by atomic mass is 35.5. The first-order chi connectivity index (χ1) is 17.9. The van der Waals surface area contributed by atoms with Crippen molar-refractivity contribution in [1.29, 1.82) is 0 Å². The van der Waals surface area contributed by atoms with E-state index in [1.807, 2.05) is 0 Å². The number of hydrogen-bond acceptors (Lipinski definition) is 3. The molecule has 0 spiro atoms. The number of fused-ring (bicyclic) bond motifs is 1. The van der Waals surface area contributed by atoms with Gasteiger partial charge >= 0.3 is 0 Å². The molecule has 37 heavy (non-hydrogen) atoms. The Labute approximate surface area is 215 Å². The highest BCUT2D eigenvalue weighted by molar-refractivity contribution is 6.30. The normalized spacial score (nSPS) is 12.0. The summed E-state index contributed by atoms with van der Waals surface area (Å²) in [7, 11) is 0. The number of halogens is 4. The Morgan fingerprint density at radius 3 is 2.41 bits per heavy atom. The number of nitrogens with zero attached hydrogens (tertiary/aromatic N) is 2. The van der Waals surface area contributed by atoms with Crippen LogP contribution in [-0.2, 0) is 17.6 Å². The third-order valence-corrected chi connectivity index (χ3v) is 6.20. The van der Waals surface area contributed by atoms with E-state index in [0.29, 0.717) is 44.0 Å². The Morgan fingerprint density at radius 1 is 0.919 bits per heavy atom. The minimum Gasteiger partial charge on any atom is -0.361 e. The SMILES string of the molecule is O=C(Cc1c[nH]c2ccc(F)cc12)NC(Cc1cc(F)cc(F)c1)c1nccnc1-c1ccc(Cl)cc1.